The molecule has 0 spiro atoms. The van der Waals surface area contributed by atoms with Gasteiger partial charge in [0.15, 0.2) is 0 Å². The third kappa shape index (κ3) is 4.09. The number of hydrogen-bond acceptors (Lipinski definition) is 3. The number of nitrogens with zero attached hydrogens (tertiary/aromatic N) is 1. The molecule has 0 aromatic carbocycles. The van der Waals surface area contributed by atoms with Crippen LogP contribution in [0.4, 0.5) is 0 Å². The van der Waals surface area contributed by atoms with Gasteiger partial charge in [0.2, 0.25) is 0 Å². The van der Waals surface area contributed by atoms with Gasteiger partial charge in [-0.2, -0.15) is 0 Å². The van der Waals surface area contributed by atoms with Crippen LogP contribution in [-0.4, -0.2) is 47.3 Å². The van der Waals surface area contributed by atoms with E-state index < -0.39 is 0 Å². The van der Waals surface area contributed by atoms with E-state index >= 15 is 0 Å². The molecule has 0 radical (unpaired) electrons. The van der Waals surface area contributed by atoms with Crippen LogP contribution in [0, 0.1) is 0 Å². The first-order valence-corrected chi connectivity index (χ1v) is 6.18. The van der Waals surface area contributed by atoms with Crippen LogP contribution in [-0.2, 0) is 0 Å². The average Bonchev–Trinajstić information content (AvgIpc) is 2.50. The van der Waals surface area contributed by atoms with Crippen LogP contribution >= 0.6 is 0 Å². The average molecular weight is 214 g/mol. The van der Waals surface area contributed by atoms with Crippen molar-refractivity contribution >= 4 is 0 Å². The lowest BCUT2D eigenvalue weighted by Crippen LogP contribution is -2.39. The molecule has 1 fully saturated rings. The molecule has 0 aromatic heterocycles. The molecule has 0 saturated carbocycles. The molecule has 3 heteroatoms. The van der Waals surface area contributed by atoms with Gasteiger partial charge in [-0.15, -0.1) is 0 Å². The molecule has 1 heterocycles. The van der Waals surface area contributed by atoms with E-state index in [9.17, 15) is 5.11 Å². The third-order valence-electron chi connectivity index (χ3n) is 3.26. The van der Waals surface area contributed by atoms with E-state index in [1.165, 1.54) is 0 Å². The smallest absolute Gasteiger partial charge is 0.0679 e. The normalized spacial score (nSPS) is 27.2. The maximum Gasteiger partial charge on any atom is 0.0679 e. The standard InChI is InChI=1S/C12H26N2O/c1-9(2)14(10(3)4)6-5-11-7-12(15)8-13-11/h9-13,15H,5-8H2,1-4H3. The van der Waals surface area contributed by atoms with Crippen LogP contribution < -0.4 is 5.32 Å². The van der Waals surface area contributed by atoms with Crippen LogP contribution in [0.5, 0.6) is 0 Å². The first-order valence-electron chi connectivity index (χ1n) is 6.18. The fourth-order valence-corrected chi connectivity index (χ4v) is 2.44. The number of β-amino-alcohol motifs (C(OH)–C–C–N with tert-alkyl or cyclic N) is 1. The lowest BCUT2D eigenvalue weighted by Gasteiger charge is -2.31. The molecule has 1 rings (SSSR count). The first kappa shape index (κ1) is 12.9. The second-order valence-corrected chi connectivity index (χ2v) is 5.21. The quantitative estimate of drug-likeness (QED) is 0.722. The van der Waals surface area contributed by atoms with Crippen molar-refractivity contribution < 1.29 is 5.11 Å². The Bertz CT molecular complexity index is 174. The molecule has 90 valence electrons. The Labute approximate surface area is 93.9 Å². The summed E-state index contributed by atoms with van der Waals surface area (Å²) >= 11 is 0. The number of rotatable bonds is 5. The van der Waals surface area contributed by atoms with Crippen molar-refractivity contribution in [3.63, 3.8) is 0 Å². The van der Waals surface area contributed by atoms with E-state index in [-0.39, 0.29) is 6.10 Å². The summed E-state index contributed by atoms with van der Waals surface area (Å²) in [5.74, 6) is 0. The van der Waals surface area contributed by atoms with Crippen molar-refractivity contribution in [2.24, 2.45) is 0 Å². The zero-order valence-corrected chi connectivity index (χ0v) is 10.5. The third-order valence-corrected chi connectivity index (χ3v) is 3.26. The van der Waals surface area contributed by atoms with Crippen LogP contribution in [0.3, 0.4) is 0 Å². The van der Waals surface area contributed by atoms with Gasteiger partial charge in [0.05, 0.1) is 6.10 Å². The van der Waals surface area contributed by atoms with Gasteiger partial charge in [0.25, 0.3) is 0 Å². The van der Waals surface area contributed by atoms with E-state index in [4.69, 9.17) is 0 Å². The molecule has 1 aliphatic heterocycles. The lowest BCUT2D eigenvalue weighted by atomic mass is 10.1. The minimum absolute atomic E-state index is 0.124. The fourth-order valence-electron chi connectivity index (χ4n) is 2.44. The first-order chi connectivity index (χ1) is 7.00. The molecule has 2 unspecified atom stereocenters. The predicted octanol–water partition coefficient (Wildman–Crippen LogP) is 1.22. The minimum atomic E-state index is -0.124. The van der Waals surface area contributed by atoms with Gasteiger partial charge in [-0.05, 0) is 40.5 Å². The topological polar surface area (TPSA) is 35.5 Å². The number of nitrogens with one attached hydrogen (secondary N) is 1. The van der Waals surface area contributed by atoms with Crippen molar-refractivity contribution in [2.45, 2.75) is 64.8 Å². The number of aliphatic hydroxyl groups excluding tert-OH is 1. The van der Waals surface area contributed by atoms with E-state index in [2.05, 4.69) is 37.9 Å². The molecule has 0 aromatic rings. The minimum Gasteiger partial charge on any atom is -0.392 e. The van der Waals surface area contributed by atoms with Crippen LogP contribution in [0.1, 0.15) is 40.5 Å². The zero-order chi connectivity index (χ0) is 11.4. The highest BCUT2D eigenvalue weighted by Crippen LogP contribution is 2.13. The van der Waals surface area contributed by atoms with Crippen molar-refractivity contribution in [1.29, 1.82) is 0 Å². The summed E-state index contributed by atoms with van der Waals surface area (Å²) < 4.78 is 0. The molecule has 1 saturated heterocycles. The molecule has 1 aliphatic rings. The Balaban J connectivity index is 2.27. The molecular formula is C12H26N2O. The van der Waals surface area contributed by atoms with Gasteiger partial charge < -0.3 is 10.4 Å². The molecule has 15 heavy (non-hydrogen) atoms. The van der Waals surface area contributed by atoms with E-state index in [1.54, 1.807) is 0 Å². The van der Waals surface area contributed by atoms with Gasteiger partial charge in [-0.1, -0.05) is 0 Å². The Morgan fingerprint density at radius 3 is 2.27 bits per heavy atom. The molecule has 0 bridgehead atoms. The van der Waals surface area contributed by atoms with Crippen LogP contribution in [0.2, 0.25) is 0 Å². The van der Waals surface area contributed by atoms with Gasteiger partial charge in [-0.3, -0.25) is 4.90 Å². The second-order valence-electron chi connectivity index (χ2n) is 5.21. The monoisotopic (exact) mass is 214 g/mol. The van der Waals surface area contributed by atoms with E-state index in [0.717, 1.165) is 25.9 Å². The molecule has 0 aliphatic carbocycles. The Morgan fingerprint density at radius 2 is 1.87 bits per heavy atom. The predicted molar refractivity (Wildman–Crippen MR) is 64.0 cm³/mol. The van der Waals surface area contributed by atoms with Gasteiger partial charge in [-0.25, -0.2) is 0 Å². The summed E-state index contributed by atoms with van der Waals surface area (Å²) in [6, 6.07) is 1.73. The van der Waals surface area contributed by atoms with Crippen molar-refractivity contribution in [2.75, 3.05) is 13.1 Å². The van der Waals surface area contributed by atoms with E-state index in [1.807, 2.05) is 0 Å². The van der Waals surface area contributed by atoms with Crippen molar-refractivity contribution in [3.8, 4) is 0 Å². The second kappa shape index (κ2) is 5.83. The van der Waals surface area contributed by atoms with Gasteiger partial charge >= 0.3 is 0 Å². The summed E-state index contributed by atoms with van der Waals surface area (Å²) in [6.45, 7) is 10.9. The van der Waals surface area contributed by atoms with Crippen LogP contribution in [0.15, 0.2) is 0 Å². The zero-order valence-electron chi connectivity index (χ0n) is 10.5. The summed E-state index contributed by atoms with van der Waals surface area (Å²) in [6.07, 6.45) is 1.94. The summed E-state index contributed by atoms with van der Waals surface area (Å²) in [5.41, 5.74) is 0. The SMILES string of the molecule is CC(C)N(CCC1CC(O)CN1)C(C)C. The largest absolute Gasteiger partial charge is 0.392 e. The van der Waals surface area contributed by atoms with Crippen molar-refractivity contribution in [3.05, 3.63) is 0 Å². The molecule has 2 N–H and O–H groups in total. The number of aliphatic hydroxyl groups is 1. The lowest BCUT2D eigenvalue weighted by molar-refractivity contribution is 0.163. The Hall–Kier alpha value is -0.120. The fraction of sp³-hybridized carbons (Fsp3) is 1.00. The highest BCUT2D eigenvalue weighted by atomic mass is 16.3. The molecule has 3 nitrogen and oxygen atoms in total. The highest BCUT2D eigenvalue weighted by Gasteiger charge is 2.23. The molecule has 2 atom stereocenters. The molecule has 0 amide bonds. The number of hydrogen-bond donors (Lipinski definition) is 2. The maximum absolute atomic E-state index is 9.41. The Morgan fingerprint density at radius 1 is 1.27 bits per heavy atom. The molecular weight excluding hydrogens is 188 g/mol. The maximum atomic E-state index is 9.41. The highest BCUT2D eigenvalue weighted by molar-refractivity contribution is 4.82. The van der Waals surface area contributed by atoms with Crippen molar-refractivity contribution in [1.82, 2.24) is 10.2 Å². The Kier molecular flexibility index (Phi) is 5.03. The van der Waals surface area contributed by atoms with E-state index in [0.29, 0.717) is 18.1 Å². The summed E-state index contributed by atoms with van der Waals surface area (Å²) in [5, 5.41) is 12.8. The summed E-state index contributed by atoms with van der Waals surface area (Å²) in [4.78, 5) is 2.51. The van der Waals surface area contributed by atoms with Crippen LogP contribution in [0.25, 0.3) is 0 Å². The summed E-state index contributed by atoms with van der Waals surface area (Å²) in [7, 11) is 0. The van der Waals surface area contributed by atoms with Gasteiger partial charge in [0, 0.05) is 31.2 Å². The van der Waals surface area contributed by atoms with Gasteiger partial charge in [0.1, 0.15) is 0 Å².